The van der Waals surface area contributed by atoms with E-state index in [4.69, 9.17) is 28.0 Å². The fraction of sp³-hybridized carbons (Fsp3) is 0.167. The molecule has 2 amide bonds. The van der Waals surface area contributed by atoms with Crippen molar-refractivity contribution in [2.24, 2.45) is 5.92 Å². The number of amides is 2. The minimum Gasteiger partial charge on any atom is -0.506 e. The molecule has 0 saturated carbocycles. The van der Waals surface area contributed by atoms with Crippen LogP contribution in [0.15, 0.2) is 72.8 Å². The molecule has 0 spiro atoms. The van der Waals surface area contributed by atoms with Crippen molar-refractivity contribution >= 4 is 40.7 Å². The maximum atomic E-state index is 13.5. The van der Waals surface area contributed by atoms with E-state index in [1.807, 2.05) is 48.5 Å². The lowest BCUT2D eigenvalue weighted by molar-refractivity contribution is -0.143. The largest absolute Gasteiger partial charge is 0.506 e. The molecule has 3 aromatic carbocycles. The van der Waals surface area contributed by atoms with Crippen molar-refractivity contribution < 1.29 is 19.5 Å². The third-order valence-corrected chi connectivity index (χ3v) is 6.28. The number of anilines is 1. The lowest BCUT2D eigenvalue weighted by Crippen LogP contribution is -2.37. The van der Waals surface area contributed by atoms with Gasteiger partial charge in [0.25, 0.3) is 5.91 Å². The predicted octanol–water partition coefficient (Wildman–Crippen LogP) is 4.75. The Bertz CT molecular complexity index is 1190. The molecule has 8 heteroatoms. The molecular formula is C24H18Cl2N2O4. The van der Waals surface area contributed by atoms with Crippen LogP contribution in [0.3, 0.4) is 0 Å². The summed E-state index contributed by atoms with van der Waals surface area (Å²) in [5.74, 6) is -1.86. The van der Waals surface area contributed by atoms with Crippen molar-refractivity contribution in [1.82, 2.24) is 4.90 Å². The standard InChI is InChI=1S/C24H18Cl2N2O4/c25-15-11-17(21(29)18(26)12-15)20-19-22(32-28(20)16-9-5-2-6-10-16)24(31)27(23(19)30)13-14-7-3-1-4-8-14/h1-12,19-20,22,29H,13H2/t19-,20+,22+/m1/s1. The van der Waals surface area contributed by atoms with Crippen molar-refractivity contribution in [3.05, 3.63) is 94.0 Å². The van der Waals surface area contributed by atoms with Crippen LogP contribution in [-0.2, 0) is 21.0 Å². The van der Waals surface area contributed by atoms with Crippen LogP contribution in [0.25, 0.3) is 0 Å². The third kappa shape index (κ3) is 3.41. The number of phenolic OH excluding ortho intramolecular Hbond substituents is 1. The van der Waals surface area contributed by atoms with Crippen LogP contribution in [0.1, 0.15) is 17.2 Å². The molecule has 0 radical (unpaired) electrons. The van der Waals surface area contributed by atoms with Crippen LogP contribution in [0.5, 0.6) is 5.75 Å². The highest BCUT2D eigenvalue weighted by molar-refractivity contribution is 6.35. The molecule has 0 aromatic heterocycles. The number of imide groups is 1. The quantitative estimate of drug-likeness (QED) is 0.559. The van der Waals surface area contributed by atoms with Gasteiger partial charge in [0.2, 0.25) is 5.91 Å². The van der Waals surface area contributed by atoms with Gasteiger partial charge in [-0.05, 0) is 29.8 Å². The van der Waals surface area contributed by atoms with E-state index < -0.39 is 24.0 Å². The number of benzene rings is 3. The molecule has 0 aliphatic carbocycles. The van der Waals surface area contributed by atoms with Crippen LogP contribution in [-0.4, -0.2) is 27.9 Å². The van der Waals surface area contributed by atoms with Gasteiger partial charge in [-0.3, -0.25) is 19.3 Å². The molecule has 1 N–H and O–H groups in total. The number of likely N-dealkylation sites (tertiary alicyclic amines) is 1. The molecule has 6 nitrogen and oxygen atoms in total. The molecule has 162 valence electrons. The monoisotopic (exact) mass is 468 g/mol. The Morgan fingerprint density at radius 2 is 1.56 bits per heavy atom. The van der Waals surface area contributed by atoms with Gasteiger partial charge >= 0.3 is 0 Å². The Labute approximate surface area is 194 Å². The number of hydrogen-bond acceptors (Lipinski definition) is 5. The van der Waals surface area contributed by atoms with E-state index in [9.17, 15) is 14.7 Å². The average Bonchev–Trinajstić information content (AvgIpc) is 3.29. The van der Waals surface area contributed by atoms with E-state index >= 15 is 0 Å². The van der Waals surface area contributed by atoms with Gasteiger partial charge in [0.05, 0.1) is 23.3 Å². The fourth-order valence-corrected chi connectivity index (χ4v) is 4.83. The molecule has 2 aliphatic rings. The van der Waals surface area contributed by atoms with Gasteiger partial charge in [-0.25, -0.2) is 5.06 Å². The molecule has 0 unspecified atom stereocenters. The highest BCUT2D eigenvalue weighted by atomic mass is 35.5. The van der Waals surface area contributed by atoms with E-state index in [1.54, 1.807) is 18.2 Å². The highest BCUT2D eigenvalue weighted by Gasteiger charge is 2.60. The van der Waals surface area contributed by atoms with E-state index in [0.717, 1.165) is 5.56 Å². The number of carbonyl (C=O) groups is 2. The summed E-state index contributed by atoms with van der Waals surface area (Å²) in [6.45, 7) is 0.148. The van der Waals surface area contributed by atoms with Crippen molar-refractivity contribution in [2.75, 3.05) is 5.06 Å². The van der Waals surface area contributed by atoms with Crippen LogP contribution in [0, 0.1) is 5.92 Å². The summed E-state index contributed by atoms with van der Waals surface area (Å²) in [4.78, 5) is 34.0. The lowest BCUT2D eigenvalue weighted by atomic mass is 9.90. The summed E-state index contributed by atoms with van der Waals surface area (Å²) in [5, 5.41) is 12.6. The Morgan fingerprint density at radius 3 is 2.25 bits per heavy atom. The smallest absolute Gasteiger partial charge is 0.262 e. The maximum absolute atomic E-state index is 13.5. The number of nitrogens with zero attached hydrogens (tertiary/aromatic N) is 2. The number of hydrogen-bond donors (Lipinski definition) is 1. The number of fused-ring (bicyclic) bond motifs is 1. The molecule has 32 heavy (non-hydrogen) atoms. The number of hydroxylamine groups is 1. The zero-order valence-electron chi connectivity index (χ0n) is 16.7. The van der Waals surface area contributed by atoms with Gasteiger partial charge in [0, 0.05) is 10.6 Å². The van der Waals surface area contributed by atoms with Gasteiger partial charge < -0.3 is 5.11 Å². The Hall–Kier alpha value is -3.06. The molecule has 2 aliphatic heterocycles. The third-order valence-electron chi connectivity index (χ3n) is 5.78. The topological polar surface area (TPSA) is 70.1 Å². The number of rotatable bonds is 4. The van der Waals surface area contributed by atoms with Gasteiger partial charge in [0.1, 0.15) is 11.7 Å². The van der Waals surface area contributed by atoms with Crippen LogP contribution < -0.4 is 5.06 Å². The SMILES string of the molecule is O=C1[C@H]2[C@H](ON(c3ccccc3)[C@H]2c2cc(Cl)cc(Cl)c2O)C(=O)N1Cc1ccccc1. The summed E-state index contributed by atoms with van der Waals surface area (Å²) in [7, 11) is 0. The fourth-order valence-electron chi connectivity index (χ4n) is 4.32. The van der Waals surface area contributed by atoms with Gasteiger partial charge in [0.15, 0.2) is 6.10 Å². The molecular weight excluding hydrogens is 451 g/mol. The van der Waals surface area contributed by atoms with Crippen LogP contribution >= 0.6 is 23.2 Å². The summed E-state index contributed by atoms with van der Waals surface area (Å²) < 4.78 is 0. The van der Waals surface area contributed by atoms with Crippen LogP contribution in [0.2, 0.25) is 10.0 Å². The first-order valence-electron chi connectivity index (χ1n) is 10.0. The van der Waals surface area contributed by atoms with Crippen molar-refractivity contribution in [3.63, 3.8) is 0 Å². The molecule has 3 aromatic rings. The summed E-state index contributed by atoms with van der Waals surface area (Å²) in [6, 6.07) is 20.5. The Balaban J connectivity index is 1.58. The number of aromatic hydroxyl groups is 1. The first kappa shape index (κ1) is 20.8. The summed E-state index contributed by atoms with van der Waals surface area (Å²) in [6.07, 6.45) is -1.02. The van der Waals surface area contributed by atoms with Gasteiger partial charge in [-0.2, -0.15) is 0 Å². The summed E-state index contributed by atoms with van der Waals surface area (Å²) in [5.41, 5.74) is 1.79. The average molecular weight is 469 g/mol. The van der Waals surface area contributed by atoms with Gasteiger partial charge in [-0.1, -0.05) is 71.7 Å². The minimum absolute atomic E-state index is 0.0573. The summed E-state index contributed by atoms with van der Waals surface area (Å²) >= 11 is 12.4. The number of phenols is 1. The molecule has 0 bridgehead atoms. The Kier molecular flexibility index (Phi) is 5.29. The lowest BCUT2D eigenvalue weighted by Gasteiger charge is -2.29. The van der Waals surface area contributed by atoms with E-state index in [2.05, 4.69) is 0 Å². The Morgan fingerprint density at radius 1 is 0.906 bits per heavy atom. The number of carbonyl (C=O) groups excluding carboxylic acids is 2. The van der Waals surface area contributed by atoms with Crippen molar-refractivity contribution in [1.29, 1.82) is 0 Å². The number of para-hydroxylation sites is 1. The van der Waals surface area contributed by atoms with Crippen LogP contribution in [0.4, 0.5) is 5.69 Å². The molecule has 2 heterocycles. The first-order valence-corrected chi connectivity index (χ1v) is 10.8. The van der Waals surface area contributed by atoms with Gasteiger partial charge in [-0.15, -0.1) is 0 Å². The van der Waals surface area contributed by atoms with E-state index in [0.29, 0.717) is 16.3 Å². The molecule has 2 saturated heterocycles. The molecule has 3 atom stereocenters. The van der Waals surface area contributed by atoms with E-state index in [1.165, 1.54) is 16.0 Å². The second kappa shape index (κ2) is 8.13. The van der Waals surface area contributed by atoms with Crippen molar-refractivity contribution in [3.8, 4) is 5.75 Å². The highest BCUT2D eigenvalue weighted by Crippen LogP contribution is 2.50. The zero-order chi connectivity index (χ0) is 22.4. The normalized spacial score (nSPS) is 22.5. The van der Waals surface area contributed by atoms with E-state index in [-0.39, 0.29) is 23.2 Å². The number of halogens is 2. The van der Waals surface area contributed by atoms with Crippen molar-refractivity contribution in [2.45, 2.75) is 18.7 Å². The molecule has 2 fully saturated rings. The second-order valence-corrected chi connectivity index (χ2v) is 8.58. The first-order chi connectivity index (χ1) is 15.5. The maximum Gasteiger partial charge on any atom is 0.262 e. The predicted molar refractivity (Wildman–Crippen MR) is 120 cm³/mol. The minimum atomic E-state index is -1.02. The second-order valence-electron chi connectivity index (χ2n) is 7.73. The molecule has 5 rings (SSSR count). The zero-order valence-corrected chi connectivity index (χ0v) is 18.2.